The maximum atomic E-state index is 12.3. The fourth-order valence-electron chi connectivity index (χ4n) is 2.65. The first-order valence-electron chi connectivity index (χ1n) is 6.66. The summed E-state index contributed by atoms with van der Waals surface area (Å²) in [5.41, 5.74) is 6.73. The number of hydrogen-bond donors (Lipinski definition) is 2. The number of anilines is 2. The van der Waals surface area contributed by atoms with E-state index in [0.29, 0.717) is 28.6 Å². The zero-order valence-corrected chi connectivity index (χ0v) is 13.0. The lowest BCUT2D eigenvalue weighted by atomic mass is 9.97. The third-order valence-corrected chi connectivity index (χ3v) is 4.54. The lowest BCUT2D eigenvalue weighted by Gasteiger charge is -2.18. The van der Waals surface area contributed by atoms with Gasteiger partial charge in [-0.2, -0.15) is 0 Å². The van der Waals surface area contributed by atoms with E-state index in [1.54, 1.807) is 23.2 Å². The number of aromatic nitrogens is 1. The quantitative estimate of drug-likeness (QED) is 0.881. The molecule has 3 N–H and O–H groups in total. The van der Waals surface area contributed by atoms with Crippen LogP contribution in [0.1, 0.15) is 17.9 Å². The van der Waals surface area contributed by atoms with E-state index in [2.05, 4.69) is 4.98 Å². The highest BCUT2D eigenvalue weighted by Crippen LogP contribution is 2.42. The summed E-state index contributed by atoms with van der Waals surface area (Å²) in [5, 5.41) is 10.7. The number of amides is 1. The van der Waals surface area contributed by atoms with Gasteiger partial charge in [-0.05, 0) is 24.3 Å². The second-order valence-electron chi connectivity index (χ2n) is 5.14. The van der Waals surface area contributed by atoms with Crippen LogP contribution in [0.5, 0.6) is 5.75 Å². The van der Waals surface area contributed by atoms with Crippen LogP contribution >= 0.6 is 23.2 Å². The smallest absolute Gasteiger partial charge is 0.227 e. The monoisotopic (exact) mass is 337 g/mol. The molecule has 2 heterocycles. The van der Waals surface area contributed by atoms with Crippen LogP contribution in [0, 0.1) is 0 Å². The van der Waals surface area contributed by atoms with E-state index in [0.717, 1.165) is 0 Å². The molecule has 1 aromatic heterocycles. The molecule has 0 bridgehead atoms. The minimum Gasteiger partial charge on any atom is -0.508 e. The van der Waals surface area contributed by atoms with Crippen LogP contribution in [0.25, 0.3) is 0 Å². The largest absolute Gasteiger partial charge is 0.508 e. The number of nitrogens with zero attached hydrogens (tertiary/aromatic N) is 2. The molecule has 0 spiro atoms. The number of phenols is 1. The van der Waals surface area contributed by atoms with Gasteiger partial charge in [0.1, 0.15) is 11.6 Å². The number of rotatable bonds is 2. The number of nitrogens with two attached hydrogens (primary N) is 1. The van der Waals surface area contributed by atoms with E-state index in [1.807, 2.05) is 0 Å². The Morgan fingerprint density at radius 1 is 1.27 bits per heavy atom. The summed E-state index contributed by atoms with van der Waals surface area (Å²) in [7, 11) is 0. The summed E-state index contributed by atoms with van der Waals surface area (Å²) in [6, 6.07) is 6.39. The van der Waals surface area contributed by atoms with E-state index in [4.69, 9.17) is 28.9 Å². The van der Waals surface area contributed by atoms with Gasteiger partial charge in [-0.3, -0.25) is 4.79 Å². The van der Waals surface area contributed by atoms with E-state index < -0.39 is 0 Å². The summed E-state index contributed by atoms with van der Waals surface area (Å²) >= 11 is 12.2. The third-order valence-electron chi connectivity index (χ3n) is 3.73. The van der Waals surface area contributed by atoms with Crippen molar-refractivity contribution in [1.29, 1.82) is 0 Å². The molecule has 7 heteroatoms. The molecule has 1 unspecified atom stereocenters. The van der Waals surface area contributed by atoms with Gasteiger partial charge in [-0.1, -0.05) is 23.2 Å². The first kappa shape index (κ1) is 14.9. The molecule has 0 radical (unpaired) electrons. The Morgan fingerprint density at radius 3 is 2.73 bits per heavy atom. The molecule has 5 nitrogen and oxygen atoms in total. The molecular weight excluding hydrogens is 325 g/mol. The highest BCUT2D eigenvalue weighted by molar-refractivity contribution is 6.42. The molecule has 1 fully saturated rings. The van der Waals surface area contributed by atoms with Gasteiger partial charge in [0.25, 0.3) is 0 Å². The van der Waals surface area contributed by atoms with Gasteiger partial charge in [0, 0.05) is 24.4 Å². The fourth-order valence-corrected chi connectivity index (χ4v) is 3.13. The maximum absolute atomic E-state index is 12.3. The molecule has 1 aromatic carbocycles. The van der Waals surface area contributed by atoms with Crippen molar-refractivity contribution in [3.05, 3.63) is 46.1 Å². The van der Waals surface area contributed by atoms with Crippen LogP contribution in [0.15, 0.2) is 30.5 Å². The van der Waals surface area contributed by atoms with Crippen LogP contribution in [-0.2, 0) is 4.79 Å². The Morgan fingerprint density at radius 2 is 2.05 bits per heavy atom. The number of halogens is 2. The third kappa shape index (κ3) is 2.58. The predicted octanol–water partition coefficient (Wildman–Crippen LogP) is 3.20. The SMILES string of the molecule is Nc1ccc(N2CC(c3c(O)ccc(Cl)c3Cl)CC2=O)cn1. The van der Waals surface area contributed by atoms with E-state index in [-0.39, 0.29) is 29.0 Å². The zero-order chi connectivity index (χ0) is 15.9. The molecule has 1 atom stereocenters. The van der Waals surface area contributed by atoms with Crippen molar-refractivity contribution in [2.45, 2.75) is 12.3 Å². The van der Waals surface area contributed by atoms with Crippen molar-refractivity contribution in [3.8, 4) is 5.75 Å². The van der Waals surface area contributed by atoms with Crippen molar-refractivity contribution < 1.29 is 9.90 Å². The molecule has 1 aliphatic heterocycles. The number of nitrogen functional groups attached to an aromatic ring is 1. The Kier molecular flexibility index (Phi) is 3.85. The molecule has 1 amide bonds. The molecular formula is C15H13Cl2N3O2. The standard InChI is InChI=1S/C15H13Cl2N3O2/c16-10-2-3-11(21)14(15(10)17)8-5-13(22)20(7-8)9-1-4-12(18)19-6-9/h1-4,6,8,21H,5,7H2,(H2,18,19). The maximum Gasteiger partial charge on any atom is 0.227 e. The Hall–Kier alpha value is -1.98. The fraction of sp³-hybridized carbons (Fsp3) is 0.200. The average molecular weight is 338 g/mol. The van der Waals surface area contributed by atoms with Gasteiger partial charge in [0.15, 0.2) is 0 Å². The highest BCUT2D eigenvalue weighted by atomic mass is 35.5. The summed E-state index contributed by atoms with van der Waals surface area (Å²) < 4.78 is 0. The Labute approximate surface area is 137 Å². The van der Waals surface area contributed by atoms with Gasteiger partial charge in [0.05, 0.1) is 21.9 Å². The summed E-state index contributed by atoms with van der Waals surface area (Å²) in [5.74, 6) is 0.148. The predicted molar refractivity (Wildman–Crippen MR) is 86.5 cm³/mol. The number of phenolic OH excluding ortho intramolecular Hbond substituents is 1. The van der Waals surface area contributed by atoms with Crippen LogP contribution in [-0.4, -0.2) is 22.5 Å². The second kappa shape index (κ2) is 5.66. The number of aromatic hydroxyl groups is 1. The molecule has 1 aliphatic rings. The van der Waals surface area contributed by atoms with Gasteiger partial charge in [-0.15, -0.1) is 0 Å². The lowest BCUT2D eigenvalue weighted by Crippen LogP contribution is -2.24. The van der Waals surface area contributed by atoms with Crippen LogP contribution < -0.4 is 10.6 Å². The van der Waals surface area contributed by atoms with Gasteiger partial charge in [0.2, 0.25) is 5.91 Å². The number of benzene rings is 1. The molecule has 1 saturated heterocycles. The van der Waals surface area contributed by atoms with Crippen molar-refractivity contribution >= 4 is 40.6 Å². The minimum absolute atomic E-state index is 0.0458. The number of carbonyl (C=O) groups is 1. The van der Waals surface area contributed by atoms with E-state index in [9.17, 15) is 9.90 Å². The normalized spacial score (nSPS) is 18.0. The summed E-state index contributed by atoms with van der Waals surface area (Å²) in [6.45, 7) is 0.401. The summed E-state index contributed by atoms with van der Waals surface area (Å²) in [4.78, 5) is 17.9. The van der Waals surface area contributed by atoms with Gasteiger partial charge >= 0.3 is 0 Å². The molecule has 3 rings (SSSR count). The van der Waals surface area contributed by atoms with Crippen LogP contribution in [0.4, 0.5) is 11.5 Å². The number of pyridine rings is 1. The van der Waals surface area contributed by atoms with Crippen molar-refractivity contribution in [3.63, 3.8) is 0 Å². The highest BCUT2D eigenvalue weighted by Gasteiger charge is 2.34. The molecule has 0 aliphatic carbocycles. The molecule has 114 valence electrons. The van der Waals surface area contributed by atoms with Crippen molar-refractivity contribution in [2.24, 2.45) is 0 Å². The van der Waals surface area contributed by atoms with Crippen molar-refractivity contribution in [2.75, 3.05) is 17.2 Å². The number of carbonyl (C=O) groups excluding carboxylic acids is 1. The molecule has 2 aromatic rings. The zero-order valence-electron chi connectivity index (χ0n) is 11.5. The van der Waals surface area contributed by atoms with Gasteiger partial charge in [-0.25, -0.2) is 4.98 Å². The van der Waals surface area contributed by atoms with E-state index >= 15 is 0 Å². The topological polar surface area (TPSA) is 79.5 Å². The van der Waals surface area contributed by atoms with E-state index in [1.165, 1.54) is 12.1 Å². The second-order valence-corrected chi connectivity index (χ2v) is 5.93. The van der Waals surface area contributed by atoms with Crippen LogP contribution in [0.3, 0.4) is 0 Å². The Bertz CT molecular complexity index is 734. The molecule has 0 saturated carbocycles. The average Bonchev–Trinajstić information content (AvgIpc) is 2.86. The number of hydrogen-bond acceptors (Lipinski definition) is 4. The first-order valence-corrected chi connectivity index (χ1v) is 7.41. The summed E-state index contributed by atoms with van der Waals surface area (Å²) in [6.07, 6.45) is 1.80. The first-order chi connectivity index (χ1) is 10.5. The lowest BCUT2D eigenvalue weighted by molar-refractivity contribution is -0.117. The van der Waals surface area contributed by atoms with Crippen molar-refractivity contribution in [1.82, 2.24) is 4.98 Å². The Balaban J connectivity index is 1.92. The van der Waals surface area contributed by atoms with Gasteiger partial charge < -0.3 is 15.7 Å². The minimum atomic E-state index is -0.226. The molecule has 22 heavy (non-hydrogen) atoms. The van der Waals surface area contributed by atoms with Crippen LogP contribution in [0.2, 0.25) is 10.0 Å².